The zero-order valence-electron chi connectivity index (χ0n) is 15.6. The number of hydrogen-bond donors (Lipinski definition) is 2. The van der Waals surface area contributed by atoms with Gasteiger partial charge in [-0.15, -0.1) is 0 Å². The third-order valence-corrected chi connectivity index (χ3v) is 3.85. The topological polar surface area (TPSA) is 84.5 Å². The molecule has 0 spiro atoms. The summed E-state index contributed by atoms with van der Waals surface area (Å²) in [6.07, 6.45) is 1.27. The number of rotatable bonds is 9. The number of amides is 2. The maximum Gasteiger partial charge on any atom is 0.262 e. The molecule has 0 radical (unpaired) electrons. The van der Waals surface area contributed by atoms with Gasteiger partial charge in [-0.25, -0.2) is 0 Å². The van der Waals surface area contributed by atoms with E-state index >= 15 is 0 Å². The summed E-state index contributed by atoms with van der Waals surface area (Å²) in [4.78, 5) is 36.0. The summed E-state index contributed by atoms with van der Waals surface area (Å²) in [6.45, 7) is 4.14. The van der Waals surface area contributed by atoms with Crippen LogP contribution < -0.4 is 15.4 Å². The van der Waals surface area contributed by atoms with Crippen LogP contribution in [0.25, 0.3) is 0 Å². The molecule has 0 bridgehead atoms. The van der Waals surface area contributed by atoms with E-state index in [1.54, 1.807) is 55.5 Å². The molecule has 2 aromatic rings. The first-order valence-corrected chi connectivity index (χ1v) is 8.98. The first-order valence-electron chi connectivity index (χ1n) is 8.98. The first-order chi connectivity index (χ1) is 13.0. The van der Waals surface area contributed by atoms with Crippen molar-refractivity contribution in [2.45, 2.75) is 26.7 Å². The van der Waals surface area contributed by atoms with Crippen molar-refractivity contribution in [1.29, 1.82) is 0 Å². The number of hydrogen-bond acceptors (Lipinski definition) is 4. The van der Waals surface area contributed by atoms with Gasteiger partial charge in [0.2, 0.25) is 0 Å². The number of nitrogens with one attached hydrogen (secondary N) is 2. The number of benzene rings is 2. The van der Waals surface area contributed by atoms with E-state index in [-0.39, 0.29) is 24.2 Å². The average Bonchev–Trinajstić information content (AvgIpc) is 2.70. The number of ketones is 1. The Morgan fingerprint density at radius 2 is 1.67 bits per heavy atom. The van der Waals surface area contributed by atoms with Gasteiger partial charge in [-0.1, -0.05) is 26.0 Å². The minimum Gasteiger partial charge on any atom is -0.484 e. The summed E-state index contributed by atoms with van der Waals surface area (Å²) in [5.74, 6) is -0.0617. The van der Waals surface area contributed by atoms with Crippen molar-refractivity contribution in [3.05, 3.63) is 59.7 Å². The molecule has 0 saturated heterocycles. The van der Waals surface area contributed by atoms with E-state index in [0.717, 1.165) is 6.42 Å². The van der Waals surface area contributed by atoms with Gasteiger partial charge < -0.3 is 15.4 Å². The minimum absolute atomic E-state index is 0.0530. The standard InChI is InChI=1S/C21H24N2O4/c1-3-13-22-21(26)17-7-5-6-8-18(17)23-20(25)14-27-16-11-9-15(10-12-16)19(24)4-2/h5-12H,3-4,13-14H2,1-2H3,(H,22,26)(H,23,25). The lowest BCUT2D eigenvalue weighted by atomic mass is 10.1. The molecular weight excluding hydrogens is 344 g/mol. The van der Waals surface area contributed by atoms with Crippen LogP contribution in [-0.2, 0) is 4.79 Å². The van der Waals surface area contributed by atoms with Crippen LogP contribution in [0.15, 0.2) is 48.5 Å². The number of carbonyl (C=O) groups excluding carboxylic acids is 3. The highest BCUT2D eigenvalue weighted by Crippen LogP contribution is 2.16. The van der Waals surface area contributed by atoms with E-state index in [2.05, 4.69) is 10.6 Å². The molecule has 0 heterocycles. The fourth-order valence-electron chi connectivity index (χ4n) is 2.40. The normalized spacial score (nSPS) is 10.1. The van der Waals surface area contributed by atoms with Gasteiger partial charge >= 0.3 is 0 Å². The summed E-state index contributed by atoms with van der Waals surface area (Å²) in [5.41, 5.74) is 1.45. The lowest BCUT2D eigenvalue weighted by molar-refractivity contribution is -0.118. The van der Waals surface area contributed by atoms with Gasteiger partial charge in [0.1, 0.15) is 5.75 Å². The van der Waals surface area contributed by atoms with E-state index in [1.807, 2.05) is 6.92 Å². The molecule has 142 valence electrons. The van der Waals surface area contributed by atoms with Gasteiger partial charge in [-0.2, -0.15) is 0 Å². The van der Waals surface area contributed by atoms with Crippen LogP contribution in [0.1, 0.15) is 47.4 Å². The molecule has 2 aromatic carbocycles. The highest BCUT2D eigenvalue weighted by molar-refractivity contribution is 6.04. The Balaban J connectivity index is 1.94. The molecule has 2 N–H and O–H groups in total. The highest BCUT2D eigenvalue weighted by atomic mass is 16.5. The summed E-state index contributed by atoms with van der Waals surface area (Å²) in [7, 11) is 0. The van der Waals surface area contributed by atoms with E-state index in [1.165, 1.54) is 0 Å². The second-order valence-electron chi connectivity index (χ2n) is 5.94. The number of ether oxygens (including phenoxy) is 1. The summed E-state index contributed by atoms with van der Waals surface area (Å²) < 4.78 is 5.45. The van der Waals surface area contributed by atoms with Gasteiger partial charge in [-0.3, -0.25) is 14.4 Å². The fourth-order valence-corrected chi connectivity index (χ4v) is 2.40. The number of anilines is 1. The number of Topliss-reactive ketones (excluding diaryl/α,β-unsaturated/α-hetero) is 1. The third kappa shape index (κ3) is 5.95. The third-order valence-electron chi connectivity index (χ3n) is 3.85. The van der Waals surface area contributed by atoms with Crippen molar-refractivity contribution in [3.63, 3.8) is 0 Å². The van der Waals surface area contributed by atoms with Gasteiger partial charge in [0.25, 0.3) is 11.8 Å². The zero-order chi connectivity index (χ0) is 19.6. The van der Waals surface area contributed by atoms with Crippen LogP contribution in [0.4, 0.5) is 5.69 Å². The van der Waals surface area contributed by atoms with Crippen molar-refractivity contribution < 1.29 is 19.1 Å². The average molecular weight is 368 g/mol. The molecule has 2 rings (SSSR count). The van der Waals surface area contributed by atoms with Crippen molar-refractivity contribution in [2.24, 2.45) is 0 Å². The molecule has 0 atom stereocenters. The van der Waals surface area contributed by atoms with Crippen molar-refractivity contribution in [2.75, 3.05) is 18.5 Å². The molecule has 0 aliphatic heterocycles. The van der Waals surface area contributed by atoms with Crippen LogP contribution in [-0.4, -0.2) is 30.7 Å². The van der Waals surface area contributed by atoms with Crippen LogP contribution in [0.2, 0.25) is 0 Å². The van der Waals surface area contributed by atoms with Crippen LogP contribution in [0, 0.1) is 0 Å². The Bertz CT molecular complexity index is 800. The van der Waals surface area contributed by atoms with Crippen LogP contribution in [0.5, 0.6) is 5.75 Å². The van der Waals surface area contributed by atoms with Gasteiger partial charge in [0.15, 0.2) is 12.4 Å². The van der Waals surface area contributed by atoms with E-state index < -0.39 is 0 Å². The van der Waals surface area contributed by atoms with Crippen LogP contribution >= 0.6 is 0 Å². The SMILES string of the molecule is CCCNC(=O)c1ccccc1NC(=O)COc1ccc(C(=O)CC)cc1. The summed E-state index contributed by atoms with van der Waals surface area (Å²) in [6, 6.07) is 13.5. The van der Waals surface area contributed by atoms with Gasteiger partial charge in [-0.05, 0) is 42.8 Å². The minimum atomic E-state index is -0.376. The fraction of sp³-hybridized carbons (Fsp3) is 0.286. The lowest BCUT2D eigenvalue weighted by Gasteiger charge is -2.12. The van der Waals surface area contributed by atoms with E-state index in [0.29, 0.717) is 35.5 Å². The Hall–Kier alpha value is -3.15. The van der Waals surface area contributed by atoms with Crippen molar-refractivity contribution in [1.82, 2.24) is 5.32 Å². The Morgan fingerprint density at radius 3 is 2.33 bits per heavy atom. The van der Waals surface area contributed by atoms with Crippen LogP contribution in [0.3, 0.4) is 0 Å². The monoisotopic (exact) mass is 368 g/mol. The summed E-state index contributed by atoms with van der Waals surface area (Å²) >= 11 is 0. The molecule has 6 nitrogen and oxygen atoms in total. The van der Waals surface area contributed by atoms with Crippen molar-refractivity contribution >= 4 is 23.3 Å². The molecule has 6 heteroatoms. The molecule has 27 heavy (non-hydrogen) atoms. The van der Waals surface area contributed by atoms with Gasteiger partial charge in [0, 0.05) is 18.5 Å². The Labute approximate surface area is 158 Å². The van der Waals surface area contributed by atoms with E-state index in [9.17, 15) is 14.4 Å². The molecule has 0 aliphatic carbocycles. The second kappa shape index (κ2) is 10.1. The quantitative estimate of drug-likeness (QED) is 0.664. The maximum atomic E-state index is 12.2. The largest absolute Gasteiger partial charge is 0.484 e. The van der Waals surface area contributed by atoms with Crippen molar-refractivity contribution in [3.8, 4) is 5.75 Å². The van der Waals surface area contributed by atoms with E-state index in [4.69, 9.17) is 4.74 Å². The predicted molar refractivity (Wildman–Crippen MR) is 104 cm³/mol. The molecule has 0 saturated carbocycles. The molecule has 0 aromatic heterocycles. The maximum absolute atomic E-state index is 12.2. The molecule has 0 aliphatic rings. The summed E-state index contributed by atoms with van der Waals surface area (Å²) in [5, 5.41) is 5.49. The smallest absolute Gasteiger partial charge is 0.262 e. The second-order valence-corrected chi connectivity index (χ2v) is 5.94. The molecule has 0 fully saturated rings. The molecular formula is C21H24N2O4. The number of para-hydroxylation sites is 1. The Kier molecular flexibility index (Phi) is 7.55. The Morgan fingerprint density at radius 1 is 0.963 bits per heavy atom. The highest BCUT2D eigenvalue weighted by Gasteiger charge is 2.13. The predicted octanol–water partition coefficient (Wildman–Crippen LogP) is 3.44. The molecule has 0 unspecified atom stereocenters. The zero-order valence-corrected chi connectivity index (χ0v) is 15.6. The lowest BCUT2D eigenvalue weighted by Crippen LogP contribution is -2.27. The van der Waals surface area contributed by atoms with Gasteiger partial charge in [0.05, 0.1) is 11.3 Å². The molecule has 2 amide bonds. The first kappa shape index (κ1) is 20.2. The number of carbonyl (C=O) groups is 3.